The smallest absolute Gasteiger partial charge is 0.243 e. The van der Waals surface area contributed by atoms with Gasteiger partial charge in [0.1, 0.15) is 0 Å². The average Bonchev–Trinajstić information content (AvgIpc) is 2.97. The molecule has 4 nitrogen and oxygen atoms in total. The van der Waals surface area contributed by atoms with E-state index in [1.807, 2.05) is 36.4 Å². The minimum absolute atomic E-state index is 0.443. The van der Waals surface area contributed by atoms with Crippen molar-refractivity contribution in [2.75, 3.05) is 26.2 Å². The minimum atomic E-state index is -3.44. The molecule has 0 spiro atoms. The molecule has 0 amide bonds. The van der Waals surface area contributed by atoms with Crippen LogP contribution in [0.3, 0.4) is 0 Å². The van der Waals surface area contributed by atoms with Crippen LogP contribution in [0.15, 0.2) is 47.4 Å². The zero-order valence-corrected chi connectivity index (χ0v) is 16.1. The van der Waals surface area contributed by atoms with Gasteiger partial charge in [-0.25, -0.2) is 8.42 Å². The van der Waals surface area contributed by atoms with Crippen LogP contribution in [0.1, 0.15) is 38.5 Å². The van der Waals surface area contributed by atoms with Crippen molar-refractivity contribution < 1.29 is 8.42 Å². The van der Waals surface area contributed by atoms with E-state index in [-0.39, 0.29) is 0 Å². The quantitative estimate of drug-likeness (QED) is 0.768. The van der Waals surface area contributed by atoms with Gasteiger partial charge in [0.05, 0.1) is 4.90 Å². The number of benzene rings is 2. The second-order valence-corrected chi connectivity index (χ2v) is 9.47. The molecule has 0 atom stereocenters. The van der Waals surface area contributed by atoms with Gasteiger partial charge < -0.3 is 0 Å². The number of piperazine rings is 1. The van der Waals surface area contributed by atoms with Crippen molar-refractivity contribution in [2.45, 2.75) is 49.5 Å². The zero-order valence-electron chi connectivity index (χ0n) is 15.3. The van der Waals surface area contributed by atoms with E-state index in [4.69, 9.17) is 0 Å². The molecule has 140 valence electrons. The molecule has 0 radical (unpaired) electrons. The first kappa shape index (κ1) is 18.0. The zero-order chi connectivity index (χ0) is 18.0. The van der Waals surface area contributed by atoms with Gasteiger partial charge in [-0.05, 0) is 24.3 Å². The summed E-state index contributed by atoms with van der Waals surface area (Å²) in [6, 6.07) is 13.9. The van der Waals surface area contributed by atoms with Gasteiger partial charge in [0.25, 0.3) is 0 Å². The lowest BCUT2D eigenvalue weighted by Crippen LogP contribution is -2.51. The Morgan fingerprint density at radius 2 is 1.42 bits per heavy atom. The predicted molar refractivity (Wildman–Crippen MR) is 106 cm³/mol. The van der Waals surface area contributed by atoms with Crippen LogP contribution in [0.4, 0.5) is 0 Å². The van der Waals surface area contributed by atoms with Crippen LogP contribution in [0.25, 0.3) is 10.8 Å². The van der Waals surface area contributed by atoms with Crippen molar-refractivity contribution in [2.24, 2.45) is 0 Å². The van der Waals surface area contributed by atoms with Crippen molar-refractivity contribution in [1.82, 2.24) is 9.21 Å². The molecule has 2 aromatic rings. The number of sulfonamides is 1. The van der Waals surface area contributed by atoms with Crippen LogP contribution in [-0.4, -0.2) is 49.8 Å². The first-order chi connectivity index (χ1) is 12.7. The normalized spacial score (nSPS) is 21.7. The van der Waals surface area contributed by atoms with E-state index in [1.165, 1.54) is 38.5 Å². The third-order valence-electron chi connectivity index (χ3n) is 5.98. The van der Waals surface area contributed by atoms with Gasteiger partial charge in [-0.3, -0.25) is 4.90 Å². The van der Waals surface area contributed by atoms with Gasteiger partial charge in [0, 0.05) is 37.6 Å². The summed E-state index contributed by atoms with van der Waals surface area (Å²) in [5.74, 6) is 0. The summed E-state index contributed by atoms with van der Waals surface area (Å²) in [6.07, 6.45) is 7.89. The molecule has 1 heterocycles. The fraction of sp³-hybridized carbons (Fsp3) is 0.524. The lowest BCUT2D eigenvalue weighted by molar-refractivity contribution is 0.126. The number of rotatable bonds is 3. The molecule has 2 aliphatic rings. The van der Waals surface area contributed by atoms with Crippen LogP contribution in [-0.2, 0) is 10.0 Å². The van der Waals surface area contributed by atoms with Gasteiger partial charge in [-0.1, -0.05) is 62.1 Å². The molecule has 0 unspecified atom stereocenters. The Bertz CT molecular complexity index is 844. The van der Waals surface area contributed by atoms with Crippen LogP contribution in [0.5, 0.6) is 0 Å². The number of fused-ring (bicyclic) bond motifs is 1. The fourth-order valence-electron chi connectivity index (χ4n) is 4.49. The molecule has 0 bridgehead atoms. The van der Waals surface area contributed by atoms with E-state index in [9.17, 15) is 8.42 Å². The highest BCUT2D eigenvalue weighted by Crippen LogP contribution is 2.28. The maximum atomic E-state index is 13.2. The molecule has 1 aliphatic heterocycles. The Labute approximate surface area is 156 Å². The number of hydrogen-bond donors (Lipinski definition) is 0. The maximum absolute atomic E-state index is 13.2. The highest BCUT2D eigenvalue weighted by atomic mass is 32.2. The van der Waals surface area contributed by atoms with E-state index in [0.29, 0.717) is 24.0 Å². The van der Waals surface area contributed by atoms with E-state index in [0.717, 1.165) is 23.9 Å². The van der Waals surface area contributed by atoms with Crippen LogP contribution >= 0.6 is 0 Å². The first-order valence-corrected chi connectivity index (χ1v) is 11.3. The van der Waals surface area contributed by atoms with Crippen molar-refractivity contribution in [1.29, 1.82) is 0 Å². The lowest BCUT2D eigenvalue weighted by atomic mass is 10.1. The molecule has 0 aromatic heterocycles. The second-order valence-electron chi connectivity index (χ2n) is 7.56. The SMILES string of the molecule is O=S(=O)(c1cccc2ccccc12)N1CCN(C2CCCCCC2)CC1. The largest absolute Gasteiger partial charge is 0.298 e. The van der Waals surface area contributed by atoms with Crippen molar-refractivity contribution in [3.63, 3.8) is 0 Å². The molecule has 26 heavy (non-hydrogen) atoms. The molecule has 2 aromatic carbocycles. The maximum Gasteiger partial charge on any atom is 0.243 e. The second kappa shape index (κ2) is 7.67. The van der Waals surface area contributed by atoms with Crippen LogP contribution in [0, 0.1) is 0 Å². The summed E-state index contributed by atoms with van der Waals surface area (Å²) >= 11 is 0. The highest BCUT2D eigenvalue weighted by molar-refractivity contribution is 7.89. The third kappa shape index (κ3) is 3.53. The fourth-order valence-corrected chi connectivity index (χ4v) is 6.13. The van der Waals surface area contributed by atoms with Crippen molar-refractivity contribution >= 4 is 20.8 Å². The highest BCUT2D eigenvalue weighted by Gasteiger charge is 2.31. The Kier molecular flexibility index (Phi) is 5.30. The van der Waals surface area contributed by atoms with E-state index < -0.39 is 10.0 Å². The summed E-state index contributed by atoms with van der Waals surface area (Å²) in [5, 5.41) is 1.80. The summed E-state index contributed by atoms with van der Waals surface area (Å²) in [7, 11) is -3.44. The van der Waals surface area contributed by atoms with Crippen LogP contribution in [0.2, 0.25) is 0 Å². The summed E-state index contributed by atoms with van der Waals surface area (Å²) < 4.78 is 28.2. The predicted octanol–water partition coefficient (Wildman–Crippen LogP) is 3.87. The molecule has 1 aliphatic carbocycles. The molecule has 4 rings (SSSR count). The summed E-state index contributed by atoms with van der Waals surface area (Å²) in [4.78, 5) is 2.97. The Hall–Kier alpha value is -1.43. The minimum Gasteiger partial charge on any atom is -0.298 e. The molecular formula is C21H28N2O2S. The summed E-state index contributed by atoms with van der Waals surface area (Å²) in [5.41, 5.74) is 0. The summed E-state index contributed by atoms with van der Waals surface area (Å²) in [6.45, 7) is 2.91. The molecule has 0 N–H and O–H groups in total. The average molecular weight is 373 g/mol. The molecule has 1 saturated carbocycles. The Morgan fingerprint density at radius 1 is 0.769 bits per heavy atom. The topological polar surface area (TPSA) is 40.6 Å². The monoisotopic (exact) mass is 372 g/mol. The van der Waals surface area contributed by atoms with Gasteiger partial charge >= 0.3 is 0 Å². The number of nitrogens with zero attached hydrogens (tertiary/aromatic N) is 2. The Morgan fingerprint density at radius 3 is 2.15 bits per heavy atom. The van der Waals surface area contributed by atoms with Gasteiger partial charge in [0.2, 0.25) is 10.0 Å². The molecular weight excluding hydrogens is 344 g/mol. The molecule has 2 fully saturated rings. The van der Waals surface area contributed by atoms with Gasteiger partial charge in [-0.2, -0.15) is 4.31 Å². The third-order valence-corrected chi connectivity index (χ3v) is 7.94. The van der Waals surface area contributed by atoms with E-state index in [2.05, 4.69) is 4.90 Å². The molecule has 5 heteroatoms. The lowest BCUT2D eigenvalue weighted by Gasteiger charge is -2.38. The van der Waals surface area contributed by atoms with Gasteiger partial charge in [0.15, 0.2) is 0 Å². The number of hydrogen-bond acceptors (Lipinski definition) is 3. The van der Waals surface area contributed by atoms with Crippen molar-refractivity contribution in [3.05, 3.63) is 42.5 Å². The van der Waals surface area contributed by atoms with Crippen molar-refractivity contribution in [3.8, 4) is 0 Å². The van der Waals surface area contributed by atoms with Crippen LogP contribution < -0.4 is 0 Å². The first-order valence-electron chi connectivity index (χ1n) is 9.88. The van der Waals surface area contributed by atoms with E-state index >= 15 is 0 Å². The van der Waals surface area contributed by atoms with E-state index in [1.54, 1.807) is 10.4 Å². The van der Waals surface area contributed by atoms with Gasteiger partial charge in [-0.15, -0.1) is 0 Å². The Balaban J connectivity index is 1.51. The standard InChI is InChI=1S/C21H28N2O2S/c24-26(25,21-13-7-9-18-8-5-6-12-20(18)21)23-16-14-22(15-17-23)19-10-3-1-2-4-11-19/h5-9,12-13,19H,1-4,10-11,14-17H2. The molecule has 1 saturated heterocycles.